The van der Waals surface area contributed by atoms with Crippen LogP contribution >= 0.6 is 22.9 Å². The molecule has 28 heavy (non-hydrogen) atoms. The Balaban J connectivity index is 1.85. The zero-order valence-electron chi connectivity index (χ0n) is 16.9. The van der Waals surface area contributed by atoms with E-state index in [-0.39, 0.29) is 0 Å². The van der Waals surface area contributed by atoms with E-state index in [0.29, 0.717) is 11.1 Å². The van der Waals surface area contributed by atoms with Crippen molar-refractivity contribution in [3.63, 3.8) is 0 Å². The maximum absolute atomic E-state index is 6.61. The van der Waals surface area contributed by atoms with Gasteiger partial charge in [0.25, 0.3) is 0 Å². The highest BCUT2D eigenvalue weighted by Gasteiger charge is 2.25. The minimum absolute atomic E-state index is 0.459. The minimum atomic E-state index is 0.459. The zero-order valence-corrected chi connectivity index (χ0v) is 18.4. The van der Waals surface area contributed by atoms with Crippen molar-refractivity contribution in [3.05, 3.63) is 28.3 Å². The normalized spacial score (nSPS) is 15.1. The van der Waals surface area contributed by atoms with E-state index in [0.717, 1.165) is 71.8 Å². The Kier molecular flexibility index (Phi) is 5.58. The number of rotatable bonds is 5. The second-order valence-corrected chi connectivity index (χ2v) is 8.64. The van der Waals surface area contributed by atoms with Crippen molar-refractivity contribution >= 4 is 33.7 Å². The Morgan fingerprint density at radius 3 is 2.57 bits per heavy atom. The van der Waals surface area contributed by atoms with Crippen molar-refractivity contribution in [1.82, 2.24) is 19.6 Å². The van der Waals surface area contributed by atoms with Gasteiger partial charge in [-0.3, -0.25) is 0 Å². The first-order chi connectivity index (χ1) is 13.5. The summed E-state index contributed by atoms with van der Waals surface area (Å²) in [7, 11) is 0. The summed E-state index contributed by atoms with van der Waals surface area (Å²) in [5.41, 5.74) is 5.06. The summed E-state index contributed by atoms with van der Waals surface area (Å²) >= 11 is 8.24. The molecule has 0 spiro atoms. The number of aromatic nitrogens is 4. The van der Waals surface area contributed by atoms with Gasteiger partial charge in [-0.05, 0) is 32.8 Å². The summed E-state index contributed by atoms with van der Waals surface area (Å²) in [6.45, 7) is 12.0. The number of aryl methyl sites for hydroxylation is 2. The van der Waals surface area contributed by atoms with E-state index >= 15 is 0 Å². The molecule has 1 aliphatic heterocycles. The second-order valence-electron chi connectivity index (χ2n) is 7.31. The van der Waals surface area contributed by atoms with E-state index in [2.05, 4.69) is 41.5 Å². The molecule has 6 nitrogen and oxygen atoms in total. The molecule has 1 N–H and O–H groups in total. The number of nitrogens with zero attached hydrogens (tertiary/aromatic N) is 5. The monoisotopic (exact) mass is 420 g/mol. The Hall–Kier alpha value is -1.70. The van der Waals surface area contributed by atoms with Crippen molar-refractivity contribution in [2.24, 2.45) is 0 Å². The van der Waals surface area contributed by atoms with Gasteiger partial charge in [0.05, 0.1) is 29.2 Å². The highest BCUT2D eigenvalue weighted by molar-refractivity contribution is 7.19. The number of thiazole rings is 1. The van der Waals surface area contributed by atoms with Gasteiger partial charge >= 0.3 is 0 Å². The largest absolute Gasteiger partial charge is 0.431 e. The Morgan fingerprint density at radius 2 is 1.89 bits per heavy atom. The van der Waals surface area contributed by atoms with Crippen LogP contribution < -0.4 is 4.90 Å². The molecule has 150 valence electrons. The van der Waals surface area contributed by atoms with E-state index in [1.165, 1.54) is 5.69 Å². The lowest BCUT2D eigenvalue weighted by atomic mass is 9.98. The number of ether oxygens (including phenoxy) is 1. The number of fused-ring (bicyclic) bond motifs is 1. The smallest absolute Gasteiger partial charge is 0.187 e. The molecule has 4 rings (SSSR count). The molecule has 0 aliphatic carbocycles. The molecule has 0 amide bonds. The van der Waals surface area contributed by atoms with Crippen LogP contribution in [0.15, 0.2) is 6.07 Å². The van der Waals surface area contributed by atoms with E-state index in [9.17, 15) is 0 Å². The summed E-state index contributed by atoms with van der Waals surface area (Å²) in [6.07, 6.45) is 2.16. The number of hydrogen-bond donors (Lipinski definition) is 0. The molecule has 3 aromatic rings. The van der Waals surface area contributed by atoms with Gasteiger partial charge in [0.15, 0.2) is 24.0 Å². The number of halogens is 1. The Labute approximate surface area is 174 Å². The van der Waals surface area contributed by atoms with Crippen LogP contribution in [0.2, 0.25) is 5.15 Å². The maximum Gasteiger partial charge on any atom is 0.187 e. The van der Waals surface area contributed by atoms with Crippen LogP contribution in [0.1, 0.15) is 49.7 Å². The molecule has 4 heterocycles. The van der Waals surface area contributed by atoms with Gasteiger partial charge in [0.2, 0.25) is 0 Å². The average molecular weight is 421 g/mol. The first-order valence-electron chi connectivity index (χ1n) is 9.95. The van der Waals surface area contributed by atoms with Crippen LogP contribution in [0.4, 0.5) is 5.13 Å². The van der Waals surface area contributed by atoms with E-state index in [4.69, 9.17) is 21.7 Å². The van der Waals surface area contributed by atoms with Crippen molar-refractivity contribution in [3.8, 4) is 10.4 Å². The van der Waals surface area contributed by atoms with Crippen molar-refractivity contribution in [2.45, 2.75) is 46.5 Å². The fraction of sp³-hybridized carbons (Fsp3) is 0.550. The van der Waals surface area contributed by atoms with Crippen LogP contribution in [-0.2, 0) is 0 Å². The molecule has 1 saturated heterocycles. The number of hydrogen-bond acceptors (Lipinski definition) is 5. The molecule has 1 fully saturated rings. The van der Waals surface area contributed by atoms with E-state index in [1.54, 1.807) is 11.3 Å². The van der Waals surface area contributed by atoms with Crippen LogP contribution in [0.3, 0.4) is 0 Å². The Morgan fingerprint density at radius 1 is 1.18 bits per heavy atom. The molecule has 0 saturated carbocycles. The third-order valence-corrected chi connectivity index (χ3v) is 6.97. The third-order valence-electron chi connectivity index (χ3n) is 5.45. The molecule has 8 heteroatoms. The van der Waals surface area contributed by atoms with Crippen molar-refractivity contribution in [2.75, 3.05) is 31.2 Å². The van der Waals surface area contributed by atoms with Crippen molar-refractivity contribution in [1.29, 1.82) is 0 Å². The SMILES string of the molecule is CCC(CC)c1cc(C)nc2c(-c3sc(N4CC[OH+]CC4)nc3Cl)c(C)nn12. The lowest BCUT2D eigenvalue weighted by Crippen LogP contribution is -2.38. The summed E-state index contributed by atoms with van der Waals surface area (Å²) in [5.74, 6) is 0.459. The predicted molar refractivity (Wildman–Crippen MR) is 116 cm³/mol. The fourth-order valence-electron chi connectivity index (χ4n) is 3.91. The van der Waals surface area contributed by atoms with E-state index in [1.807, 2.05) is 11.4 Å². The summed E-state index contributed by atoms with van der Waals surface area (Å²) < 4.78 is 6.44. The number of aliphatic hydroxyl groups is 2. The Bertz CT molecular complexity index is 988. The summed E-state index contributed by atoms with van der Waals surface area (Å²) in [5, 5.41) is 6.35. The third kappa shape index (κ3) is 3.40. The van der Waals surface area contributed by atoms with Gasteiger partial charge in [-0.25, -0.2) is 14.5 Å². The fourth-order valence-corrected chi connectivity index (χ4v) is 5.36. The molecule has 1 aliphatic rings. The van der Waals surface area contributed by atoms with Crippen molar-refractivity contribution < 1.29 is 4.74 Å². The average Bonchev–Trinajstić information content (AvgIpc) is 3.22. The molecular formula is C20H27ClN5OS+. The number of morpholine rings is 1. The summed E-state index contributed by atoms with van der Waals surface area (Å²) in [6, 6.07) is 2.16. The van der Waals surface area contributed by atoms with E-state index < -0.39 is 0 Å². The first-order valence-corrected chi connectivity index (χ1v) is 11.1. The predicted octanol–water partition coefficient (Wildman–Crippen LogP) is 4.37. The standard InChI is InChI=1S/C20H26ClN5OS/c1-5-14(6-2)15-11-12(3)22-19-16(13(4)24-26(15)19)17-18(21)23-20(28-17)25-7-9-27-10-8-25/h11,14H,5-10H2,1-4H3/p+1. The molecule has 0 radical (unpaired) electrons. The highest BCUT2D eigenvalue weighted by Crippen LogP contribution is 2.41. The van der Waals surface area contributed by atoms with Gasteiger partial charge < -0.3 is 9.64 Å². The molecule has 0 bridgehead atoms. The van der Waals surface area contributed by atoms with Gasteiger partial charge in [-0.15, -0.1) is 0 Å². The number of anilines is 1. The zero-order chi connectivity index (χ0) is 19.8. The van der Waals surface area contributed by atoms with Gasteiger partial charge in [-0.1, -0.05) is 36.8 Å². The summed E-state index contributed by atoms with van der Waals surface area (Å²) in [4.78, 5) is 12.7. The van der Waals surface area contributed by atoms with Crippen LogP contribution in [0.5, 0.6) is 0 Å². The topological polar surface area (TPSA) is 59.1 Å². The molecular weight excluding hydrogens is 394 g/mol. The van der Waals surface area contributed by atoms with Crippen LogP contribution in [0.25, 0.3) is 16.1 Å². The molecule has 3 aromatic heterocycles. The maximum atomic E-state index is 6.61. The van der Waals surface area contributed by atoms with Gasteiger partial charge in [0, 0.05) is 17.3 Å². The minimum Gasteiger partial charge on any atom is -0.431 e. The van der Waals surface area contributed by atoms with Gasteiger partial charge in [0.1, 0.15) is 5.15 Å². The molecule has 0 atom stereocenters. The molecule has 0 aromatic carbocycles. The van der Waals surface area contributed by atoms with Crippen LogP contribution in [0, 0.1) is 13.8 Å². The lowest BCUT2D eigenvalue weighted by Gasteiger charge is -2.23. The quantitative estimate of drug-likeness (QED) is 0.575. The lowest BCUT2D eigenvalue weighted by molar-refractivity contribution is -0.0437. The highest BCUT2D eigenvalue weighted by atomic mass is 35.5. The van der Waals surface area contributed by atoms with Crippen LogP contribution in [-0.4, -0.2) is 50.6 Å². The first kappa shape index (κ1) is 19.6. The second kappa shape index (κ2) is 7.97. The molecule has 0 unspecified atom stereocenters. The van der Waals surface area contributed by atoms with Gasteiger partial charge in [-0.2, -0.15) is 5.10 Å².